The molecular weight excluding hydrogens is 281 g/mol. The molecule has 0 aliphatic carbocycles. The molecule has 0 fully saturated rings. The van der Waals surface area contributed by atoms with E-state index in [0.29, 0.717) is 29.5 Å². The quantitative estimate of drug-likeness (QED) is 0.913. The third kappa shape index (κ3) is 3.40. The highest BCUT2D eigenvalue weighted by atomic mass is 35.5. The van der Waals surface area contributed by atoms with Crippen molar-refractivity contribution in [2.24, 2.45) is 5.73 Å². The van der Waals surface area contributed by atoms with Gasteiger partial charge in [0.25, 0.3) is 0 Å². The van der Waals surface area contributed by atoms with Crippen LogP contribution in [0.25, 0.3) is 0 Å². The summed E-state index contributed by atoms with van der Waals surface area (Å²) in [5.41, 5.74) is 6.46. The van der Waals surface area contributed by atoms with Crippen LogP contribution in [0.5, 0.6) is 17.2 Å². The highest BCUT2D eigenvalue weighted by Gasteiger charge is 2.10. The van der Waals surface area contributed by atoms with Gasteiger partial charge in [-0.25, -0.2) is 4.39 Å². The fraction of sp³-hybridized carbons (Fsp3) is 0.200. The maximum absolute atomic E-state index is 13.8. The maximum atomic E-state index is 13.8. The number of rotatable bonds is 5. The maximum Gasteiger partial charge on any atom is 0.167 e. The van der Waals surface area contributed by atoms with E-state index in [0.717, 1.165) is 5.56 Å². The Balaban J connectivity index is 2.35. The zero-order valence-corrected chi connectivity index (χ0v) is 11.8. The molecule has 0 heterocycles. The minimum atomic E-state index is -0.515. The van der Waals surface area contributed by atoms with Gasteiger partial charge in [0, 0.05) is 11.1 Å². The molecule has 0 aromatic heterocycles. The zero-order valence-electron chi connectivity index (χ0n) is 11.0. The van der Waals surface area contributed by atoms with Crippen LogP contribution in [-0.2, 0) is 6.42 Å². The number of nitrogens with two attached hydrogens (primary N) is 1. The summed E-state index contributed by atoms with van der Waals surface area (Å²) in [6.45, 7) is 0.478. The van der Waals surface area contributed by atoms with Gasteiger partial charge in [-0.1, -0.05) is 17.7 Å². The number of ether oxygens (including phenoxy) is 2. The Morgan fingerprint density at radius 2 is 1.95 bits per heavy atom. The van der Waals surface area contributed by atoms with Crippen molar-refractivity contribution in [2.45, 2.75) is 6.42 Å². The summed E-state index contributed by atoms with van der Waals surface area (Å²) in [4.78, 5) is 0. The van der Waals surface area contributed by atoms with Crippen LogP contribution in [0, 0.1) is 5.82 Å². The van der Waals surface area contributed by atoms with Crippen molar-refractivity contribution >= 4 is 11.6 Å². The van der Waals surface area contributed by atoms with E-state index in [9.17, 15) is 4.39 Å². The monoisotopic (exact) mass is 295 g/mol. The van der Waals surface area contributed by atoms with Gasteiger partial charge in [-0.3, -0.25) is 0 Å². The SMILES string of the molecule is COc1ccc(CCN)c(Oc2ccc(Cl)cc2F)c1. The van der Waals surface area contributed by atoms with Crippen molar-refractivity contribution < 1.29 is 13.9 Å². The second kappa shape index (κ2) is 6.59. The Bertz CT molecular complexity index is 604. The summed E-state index contributed by atoms with van der Waals surface area (Å²) in [7, 11) is 1.56. The molecule has 0 saturated heterocycles. The summed E-state index contributed by atoms with van der Waals surface area (Å²) >= 11 is 5.72. The number of methoxy groups -OCH3 is 1. The number of hydrogen-bond donors (Lipinski definition) is 1. The van der Waals surface area contributed by atoms with E-state index in [-0.39, 0.29) is 5.75 Å². The molecule has 2 N–H and O–H groups in total. The largest absolute Gasteiger partial charge is 0.497 e. The molecule has 0 bridgehead atoms. The van der Waals surface area contributed by atoms with Crippen molar-refractivity contribution in [2.75, 3.05) is 13.7 Å². The van der Waals surface area contributed by atoms with Crippen LogP contribution in [-0.4, -0.2) is 13.7 Å². The number of benzene rings is 2. The van der Waals surface area contributed by atoms with Gasteiger partial charge in [-0.15, -0.1) is 0 Å². The number of halogens is 2. The molecule has 2 aromatic rings. The summed E-state index contributed by atoms with van der Waals surface area (Å²) in [6.07, 6.45) is 0.633. The first-order chi connectivity index (χ1) is 9.63. The molecule has 0 atom stereocenters. The van der Waals surface area contributed by atoms with E-state index in [1.807, 2.05) is 12.1 Å². The molecule has 2 rings (SSSR count). The second-order valence-electron chi connectivity index (χ2n) is 4.19. The summed E-state index contributed by atoms with van der Waals surface area (Å²) in [5, 5.41) is 0.322. The van der Waals surface area contributed by atoms with E-state index in [1.54, 1.807) is 19.2 Å². The third-order valence-electron chi connectivity index (χ3n) is 2.80. The van der Waals surface area contributed by atoms with Crippen molar-refractivity contribution in [1.29, 1.82) is 0 Å². The molecule has 0 amide bonds. The summed E-state index contributed by atoms with van der Waals surface area (Å²) in [5.74, 6) is 0.756. The van der Waals surface area contributed by atoms with Crippen LogP contribution in [0.1, 0.15) is 5.56 Å². The lowest BCUT2D eigenvalue weighted by Crippen LogP contribution is -2.04. The first kappa shape index (κ1) is 14.6. The minimum Gasteiger partial charge on any atom is -0.497 e. The van der Waals surface area contributed by atoms with Crippen LogP contribution >= 0.6 is 11.6 Å². The van der Waals surface area contributed by atoms with E-state index in [1.165, 1.54) is 12.1 Å². The summed E-state index contributed by atoms with van der Waals surface area (Å²) < 4.78 is 24.5. The lowest BCUT2D eigenvalue weighted by Gasteiger charge is -2.13. The van der Waals surface area contributed by atoms with Gasteiger partial charge in [0.1, 0.15) is 11.5 Å². The standard InChI is InChI=1S/C15H15ClFNO2/c1-19-12-4-2-10(6-7-18)15(9-12)20-14-5-3-11(16)8-13(14)17/h2-5,8-9H,6-7,18H2,1H3. The fourth-order valence-corrected chi connectivity index (χ4v) is 1.95. The molecule has 5 heteroatoms. The molecule has 0 radical (unpaired) electrons. The Hall–Kier alpha value is -1.78. The van der Waals surface area contributed by atoms with E-state index in [4.69, 9.17) is 26.8 Å². The van der Waals surface area contributed by atoms with Gasteiger partial charge >= 0.3 is 0 Å². The lowest BCUT2D eigenvalue weighted by molar-refractivity contribution is 0.403. The van der Waals surface area contributed by atoms with Crippen molar-refractivity contribution in [1.82, 2.24) is 0 Å². The highest BCUT2D eigenvalue weighted by Crippen LogP contribution is 2.32. The minimum absolute atomic E-state index is 0.112. The Morgan fingerprint density at radius 3 is 2.60 bits per heavy atom. The second-order valence-corrected chi connectivity index (χ2v) is 4.63. The average Bonchev–Trinajstić information content (AvgIpc) is 2.44. The molecule has 106 valence electrons. The summed E-state index contributed by atoms with van der Waals surface area (Å²) in [6, 6.07) is 9.65. The highest BCUT2D eigenvalue weighted by molar-refractivity contribution is 6.30. The lowest BCUT2D eigenvalue weighted by atomic mass is 10.1. The van der Waals surface area contributed by atoms with Crippen molar-refractivity contribution in [3.8, 4) is 17.2 Å². The Kier molecular flexibility index (Phi) is 4.82. The first-order valence-electron chi connectivity index (χ1n) is 6.14. The smallest absolute Gasteiger partial charge is 0.167 e. The normalized spacial score (nSPS) is 10.4. The molecule has 3 nitrogen and oxygen atoms in total. The van der Waals surface area contributed by atoms with Crippen LogP contribution in [0.15, 0.2) is 36.4 Å². The molecule has 0 unspecified atom stereocenters. The van der Waals surface area contributed by atoms with Crippen LogP contribution in [0.3, 0.4) is 0 Å². The van der Waals surface area contributed by atoms with Gasteiger partial charge in [0.2, 0.25) is 0 Å². The Morgan fingerprint density at radius 1 is 1.15 bits per heavy atom. The van der Waals surface area contributed by atoms with E-state index < -0.39 is 5.82 Å². The van der Waals surface area contributed by atoms with E-state index in [2.05, 4.69) is 0 Å². The first-order valence-corrected chi connectivity index (χ1v) is 6.51. The molecule has 0 aliphatic heterocycles. The zero-order chi connectivity index (χ0) is 14.5. The molecule has 0 saturated carbocycles. The van der Waals surface area contributed by atoms with Gasteiger partial charge < -0.3 is 15.2 Å². The molecule has 20 heavy (non-hydrogen) atoms. The molecule has 0 aliphatic rings. The van der Waals surface area contributed by atoms with Gasteiger partial charge in [0.05, 0.1) is 7.11 Å². The van der Waals surface area contributed by atoms with Gasteiger partial charge in [-0.05, 0) is 42.8 Å². The van der Waals surface area contributed by atoms with Crippen LogP contribution in [0.4, 0.5) is 4.39 Å². The van der Waals surface area contributed by atoms with Crippen molar-refractivity contribution in [3.63, 3.8) is 0 Å². The Labute approximate surface area is 122 Å². The predicted octanol–water partition coefficient (Wildman–Crippen LogP) is 3.78. The average molecular weight is 296 g/mol. The van der Waals surface area contributed by atoms with E-state index >= 15 is 0 Å². The third-order valence-corrected chi connectivity index (χ3v) is 3.04. The predicted molar refractivity (Wildman–Crippen MR) is 77.2 cm³/mol. The van der Waals surface area contributed by atoms with Gasteiger partial charge in [0.15, 0.2) is 11.6 Å². The molecular formula is C15H15ClFNO2. The van der Waals surface area contributed by atoms with Crippen LogP contribution in [0.2, 0.25) is 5.02 Å². The van der Waals surface area contributed by atoms with Gasteiger partial charge in [-0.2, -0.15) is 0 Å². The molecule has 0 spiro atoms. The molecule has 2 aromatic carbocycles. The topological polar surface area (TPSA) is 44.5 Å². The fourth-order valence-electron chi connectivity index (χ4n) is 1.80. The number of hydrogen-bond acceptors (Lipinski definition) is 3. The van der Waals surface area contributed by atoms with Crippen LogP contribution < -0.4 is 15.2 Å². The van der Waals surface area contributed by atoms with Crippen molar-refractivity contribution in [3.05, 3.63) is 52.8 Å².